The van der Waals surface area contributed by atoms with E-state index in [0.717, 1.165) is 4.90 Å². The van der Waals surface area contributed by atoms with Crippen molar-refractivity contribution in [2.24, 2.45) is 0 Å². The van der Waals surface area contributed by atoms with E-state index in [1.165, 1.54) is 7.11 Å². The van der Waals surface area contributed by atoms with Crippen molar-refractivity contribution in [2.75, 3.05) is 19.0 Å². The van der Waals surface area contributed by atoms with Gasteiger partial charge in [0.25, 0.3) is 5.91 Å². The van der Waals surface area contributed by atoms with Crippen LogP contribution in [-0.4, -0.2) is 36.4 Å². The zero-order valence-corrected chi connectivity index (χ0v) is 16.2. The Morgan fingerprint density at radius 1 is 1.21 bits per heavy atom. The number of hydrogen-bond acceptors (Lipinski definition) is 4. The van der Waals surface area contributed by atoms with Crippen LogP contribution in [0.3, 0.4) is 0 Å². The van der Waals surface area contributed by atoms with Gasteiger partial charge >= 0.3 is 6.03 Å². The van der Waals surface area contributed by atoms with Gasteiger partial charge in [-0.1, -0.05) is 36.7 Å². The molecule has 28 heavy (non-hydrogen) atoms. The zero-order chi connectivity index (χ0) is 20.3. The molecule has 0 saturated carbocycles. The fraction of sp³-hybridized carbons (Fsp3) is 0.250. The molecule has 1 fully saturated rings. The van der Waals surface area contributed by atoms with Gasteiger partial charge in [-0.25, -0.2) is 4.79 Å². The van der Waals surface area contributed by atoms with Gasteiger partial charge in [0.2, 0.25) is 5.91 Å². The molecule has 7 nitrogen and oxygen atoms in total. The molecule has 1 saturated heterocycles. The maximum absolute atomic E-state index is 13.1. The van der Waals surface area contributed by atoms with E-state index in [1.807, 2.05) is 0 Å². The lowest BCUT2D eigenvalue weighted by molar-refractivity contribution is -0.134. The van der Waals surface area contributed by atoms with Crippen LogP contribution < -0.4 is 15.4 Å². The molecule has 1 aliphatic heterocycles. The molecule has 2 N–H and O–H groups in total. The second kappa shape index (κ2) is 7.90. The van der Waals surface area contributed by atoms with Gasteiger partial charge in [-0.2, -0.15) is 0 Å². The molecule has 3 rings (SSSR count). The van der Waals surface area contributed by atoms with Crippen LogP contribution in [0.2, 0.25) is 5.02 Å². The molecule has 0 radical (unpaired) electrons. The zero-order valence-electron chi connectivity index (χ0n) is 15.5. The molecule has 146 valence electrons. The van der Waals surface area contributed by atoms with Crippen LogP contribution in [-0.2, 0) is 15.1 Å². The van der Waals surface area contributed by atoms with Crippen molar-refractivity contribution in [1.29, 1.82) is 0 Å². The Kier molecular flexibility index (Phi) is 5.56. The lowest BCUT2D eigenvalue weighted by Gasteiger charge is -2.25. The number of nitrogens with one attached hydrogen (secondary N) is 2. The fourth-order valence-electron chi connectivity index (χ4n) is 3.19. The number of carbonyl (C=O) groups is 3. The number of amides is 4. The number of nitrogens with zero attached hydrogens (tertiary/aromatic N) is 1. The summed E-state index contributed by atoms with van der Waals surface area (Å²) in [4.78, 5) is 38.8. The first kappa shape index (κ1) is 19.7. The SMILES string of the molecule is CC[C@]1(c2ccc(Cl)cc2)NC(=O)N(CC(=O)Nc2cccc(OC)c2)C1=O. The van der Waals surface area contributed by atoms with Crippen LogP contribution in [0, 0.1) is 0 Å². The Morgan fingerprint density at radius 3 is 2.57 bits per heavy atom. The summed E-state index contributed by atoms with van der Waals surface area (Å²) in [6.45, 7) is 1.41. The quantitative estimate of drug-likeness (QED) is 0.728. The van der Waals surface area contributed by atoms with Gasteiger partial charge < -0.3 is 15.4 Å². The number of hydrogen-bond donors (Lipinski definition) is 2. The molecule has 0 spiro atoms. The van der Waals surface area contributed by atoms with E-state index in [2.05, 4.69) is 10.6 Å². The predicted molar refractivity (Wildman–Crippen MR) is 105 cm³/mol. The van der Waals surface area contributed by atoms with Crippen molar-refractivity contribution in [3.05, 3.63) is 59.1 Å². The molecule has 2 aromatic carbocycles. The predicted octanol–water partition coefficient (Wildman–Crippen LogP) is 3.14. The number of anilines is 1. The number of halogens is 1. The average molecular weight is 402 g/mol. The standard InChI is InChI=1S/C20H20ClN3O4/c1-3-20(13-7-9-14(21)10-8-13)18(26)24(19(27)23-20)12-17(25)22-15-5-4-6-16(11-15)28-2/h4-11H,3,12H2,1-2H3,(H,22,25)(H,23,27)/t20-/m1/s1. The third-order valence-electron chi connectivity index (χ3n) is 4.70. The molecule has 1 aliphatic rings. The van der Waals surface area contributed by atoms with Gasteiger partial charge in [0.05, 0.1) is 7.11 Å². The highest BCUT2D eigenvalue weighted by atomic mass is 35.5. The normalized spacial score (nSPS) is 18.8. The van der Waals surface area contributed by atoms with Crippen molar-refractivity contribution in [1.82, 2.24) is 10.2 Å². The second-order valence-electron chi connectivity index (χ2n) is 6.37. The van der Waals surface area contributed by atoms with Crippen LogP contribution in [0.1, 0.15) is 18.9 Å². The summed E-state index contributed by atoms with van der Waals surface area (Å²) >= 11 is 5.92. The van der Waals surface area contributed by atoms with E-state index in [0.29, 0.717) is 28.4 Å². The Balaban J connectivity index is 1.77. The third-order valence-corrected chi connectivity index (χ3v) is 4.95. The largest absolute Gasteiger partial charge is 0.497 e. The molecule has 4 amide bonds. The van der Waals surface area contributed by atoms with Gasteiger partial charge in [0.15, 0.2) is 0 Å². The van der Waals surface area contributed by atoms with Crippen molar-refractivity contribution < 1.29 is 19.1 Å². The maximum Gasteiger partial charge on any atom is 0.325 e. The van der Waals surface area contributed by atoms with Crippen molar-refractivity contribution >= 4 is 35.1 Å². The number of rotatable bonds is 6. The first-order valence-corrected chi connectivity index (χ1v) is 9.11. The summed E-state index contributed by atoms with van der Waals surface area (Å²) in [5.41, 5.74) is -0.0814. The minimum atomic E-state index is -1.21. The van der Waals surface area contributed by atoms with Gasteiger partial charge in [-0.15, -0.1) is 0 Å². The molecule has 0 aromatic heterocycles. The molecule has 1 atom stereocenters. The first-order valence-electron chi connectivity index (χ1n) is 8.73. The van der Waals surface area contributed by atoms with E-state index in [9.17, 15) is 14.4 Å². The van der Waals surface area contributed by atoms with E-state index in [4.69, 9.17) is 16.3 Å². The monoisotopic (exact) mass is 401 g/mol. The fourth-order valence-corrected chi connectivity index (χ4v) is 3.31. The summed E-state index contributed by atoms with van der Waals surface area (Å²) < 4.78 is 5.11. The second-order valence-corrected chi connectivity index (χ2v) is 6.80. The van der Waals surface area contributed by atoms with Crippen LogP contribution in [0.4, 0.5) is 10.5 Å². The minimum Gasteiger partial charge on any atom is -0.497 e. The summed E-state index contributed by atoms with van der Waals surface area (Å²) in [6.07, 6.45) is 0.340. The highest BCUT2D eigenvalue weighted by Crippen LogP contribution is 2.33. The van der Waals surface area contributed by atoms with Crippen molar-refractivity contribution in [3.63, 3.8) is 0 Å². The van der Waals surface area contributed by atoms with Crippen LogP contribution in [0.25, 0.3) is 0 Å². The summed E-state index contributed by atoms with van der Waals surface area (Å²) in [5, 5.41) is 5.93. The minimum absolute atomic E-state index is 0.340. The Hall–Kier alpha value is -3.06. The van der Waals surface area contributed by atoms with E-state index >= 15 is 0 Å². The third kappa shape index (κ3) is 3.66. The molecule has 8 heteroatoms. The summed E-state index contributed by atoms with van der Waals surface area (Å²) in [5.74, 6) is -0.372. The highest BCUT2D eigenvalue weighted by molar-refractivity contribution is 6.30. The van der Waals surface area contributed by atoms with E-state index in [-0.39, 0.29) is 0 Å². The molecule has 1 heterocycles. The Labute approximate surface area is 167 Å². The van der Waals surface area contributed by atoms with Gasteiger partial charge in [-0.3, -0.25) is 14.5 Å². The number of urea groups is 1. The topological polar surface area (TPSA) is 87.7 Å². The highest BCUT2D eigenvalue weighted by Gasteiger charge is 2.51. The van der Waals surface area contributed by atoms with Crippen molar-refractivity contribution in [2.45, 2.75) is 18.9 Å². The number of ether oxygens (including phenoxy) is 1. The Bertz CT molecular complexity index is 916. The molecule has 2 aromatic rings. The lowest BCUT2D eigenvalue weighted by Crippen LogP contribution is -2.44. The molecule has 0 unspecified atom stereocenters. The van der Waals surface area contributed by atoms with Gasteiger partial charge in [0.1, 0.15) is 17.8 Å². The van der Waals surface area contributed by atoms with Crippen LogP contribution in [0.15, 0.2) is 48.5 Å². The average Bonchev–Trinajstić information content (AvgIpc) is 2.93. The first-order chi connectivity index (χ1) is 13.4. The number of imide groups is 1. The smallest absolute Gasteiger partial charge is 0.325 e. The van der Waals surface area contributed by atoms with Gasteiger partial charge in [-0.05, 0) is 36.2 Å². The number of methoxy groups -OCH3 is 1. The van der Waals surface area contributed by atoms with Crippen LogP contribution >= 0.6 is 11.6 Å². The number of carbonyl (C=O) groups excluding carboxylic acids is 3. The summed E-state index contributed by atoms with van der Waals surface area (Å²) in [7, 11) is 1.52. The molecule has 0 aliphatic carbocycles. The molecular weight excluding hydrogens is 382 g/mol. The summed E-state index contributed by atoms with van der Waals surface area (Å²) in [6, 6.07) is 12.9. The van der Waals surface area contributed by atoms with E-state index < -0.39 is 29.9 Å². The van der Waals surface area contributed by atoms with E-state index in [1.54, 1.807) is 55.5 Å². The molecule has 0 bridgehead atoms. The Morgan fingerprint density at radius 2 is 1.93 bits per heavy atom. The molecular formula is C20H20ClN3O4. The van der Waals surface area contributed by atoms with Crippen LogP contribution in [0.5, 0.6) is 5.75 Å². The lowest BCUT2D eigenvalue weighted by atomic mass is 9.87. The number of benzene rings is 2. The maximum atomic E-state index is 13.1. The van der Waals surface area contributed by atoms with Crippen molar-refractivity contribution in [3.8, 4) is 5.75 Å². The van der Waals surface area contributed by atoms with Gasteiger partial charge in [0, 0.05) is 16.8 Å².